The second-order valence-corrected chi connectivity index (χ2v) is 11.4. The zero-order valence-corrected chi connectivity index (χ0v) is 24.2. The van der Waals surface area contributed by atoms with Crippen molar-refractivity contribution >= 4 is 39.3 Å². The Balaban J connectivity index is 1.17. The van der Waals surface area contributed by atoms with Gasteiger partial charge in [-0.3, -0.25) is 9.69 Å². The minimum absolute atomic E-state index is 0.0473. The molecule has 0 radical (unpaired) electrons. The fraction of sp³-hybridized carbons (Fsp3) is 0.406. The number of piperidine rings is 1. The quantitative estimate of drug-likeness (QED) is 0.272. The fourth-order valence-corrected chi connectivity index (χ4v) is 6.03. The number of likely N-dealkylation sites (N-methyl/N-ethyl adjacent to an activating group) is 1. The standard InChI is InChI=1S/C32H39ClN4O2/c1-5-37-29-9-7-6-8-26(29)27-18-23(10-12-30(27)37)21-36-16-14-25(15-17-36)39-31-13-11-24(19-28(31)33)32(38)34-22(2)20-35(3)4/h6-13,18-19,22,25H,5,14-17,20-21H2,1-4H3,(H,34,38). The fourth-order valence-electron chi connectivity index (χ4n) is 5.80. The van der Waals surface area contributed by atoms with E-state index in [1.54, 1.807) is 12.1 Å². The van der Waals surface area contributed by atoms with E-state index < -0.39 is 0 Å². The van der Waals surface area contributed by atoms with Gasteiger partial charge >= 0.3 is 0 Å². The zero-order valence-electron chi connectivity index (χ0n) is 23.4. The number of halogens is 1. The van der Waals surface area contributed by atoms with E-state index in [4.69, 9.17) is 16.3 Å². The van der Waals surface area contributed by atoms with Crippen molar-refractivity contribution in [2.75, 3.05) is 33.7 Å². The molecule has 1 saturated heterocycles. The summed E-state index contributed by atoms with van der Waals surface area (Å²) in [5.41, 5.74) is 4.50. The molecule has 0 saturated carbocycles. The molecule has 1 unspecified atom stereocenters. The van der Waals surface area contributed by atoms with Crippen molar-refractivity contribution in [2.45, 2.75) is 51.9 Å². The summed E-state index contributed by atoms with van der Waals surface area (Å²) in [5, 5.41) is 6.15. The number of amides is 1. The number of likely N-dealkylation sites (tertiary alicyclic amines) is 1. The highest BCUT2D eigenvalue weighted by Crippen LogP contribution is 2.31. The topological polar surface area (TPSA) is 49.7 Å². The van der Waals surface area contributed by atoms with Gasteiger partial charge in [0.1, 0.15) is 11.9 Å². The summed E-state index contributed by atoms with van der Waals surface area (Å²) < 4.78 is 8.67. The summed E-state index contributed by atoms with van der Waals surface area (Å²) >= 11 is 6.53. The van der Waals surface area contributed by atoms with Gasteiger partial charge in [0.2, 0.25) is 0 Å². The molecule has 39 heavy (non-hydrogen) atoms. The molecule has 1 aromatic heterocycles. The van der Waals surface area contributed by atoms with Crippen molar-refractivity contribution in [3.63, 3.8) is 0 Å². The van der Waals surface area contributed by atoms with Crippen LogP contribution in [0, 0.1) is 0 Å². The average molecular weight is 547 g/mol. The molecule has 3 aromatic carbocycles. The highest BCUT2D eigenvalue weighted by Gasteiger charge is 2.22. The lowest BCUT2D eigenvalue weighted by Crippen LogP contribution is -2.39. The molecule has 0 bridgehead atoms. The van der Waals surface area contributed by atoms with Crippen molar-refractivity contribution in [1.29, 1.82) is 0 Å². The van der Waals surface area contributed by atoms with Crippen LogP contribution in [0.2, 0.25) is 5.02 Å². The summed E-state index contributed by atoms with van der Waals surface area (Å²) in [6.45, 7) is 8.82. The molecule has 2 heterocycles. The summed E-state index contributed by atoms with van der Waals surface area (Å²) in [6.07, 6.45) is 2.00. The van der Waals surface area contributed by atoms with Gasteiger partial charge in [0.25, 0.3) is 5.91 Å². The van der Waals surface area contributed by atoms with Crippen molar-refractivity contribution in [3.05, 3.63) is 76.8 Å². The van der Waals surface area contributed by atoms with Gasteiger partial charge in [-0.2, -0.15) is 0 Å². The number of benzene rings is 3. The van der Waals surface area contributed by atoms with Gasteiger partial charge in [-0.25, -0.2) is 0 Å². The summed E-state index contributed by atoms with van der Waals surface area (Å²) in [5.74, 6) is 0.523. The third-order valence-electron chi connectivity index (χ3n) is 7.60. The second kappa shape index (κ2) is 12.0. The first kappa shape index (κ1) is 27.5. The molecule has 1 N–H and O–H groups in total. The van der Waals surface area contributed by atoms with Crippen molar-refractivity contribution in [1.82, 2.24) is 19.7 Å². The summed E-state index contributed by atoms with van der Waals surface area (Å²) in [4.78, 5) is 17.1. The Morgan fingerprint density at radius 3 is 2.51 bits per heavy atom. The van der Waals surface area contributed by atoms with Crippen molar-refractivity contribution in [3.8, 4) is 5.75 Å². The van der Waals surface area contributed by atoms with Crippen LogP contribution in [0.5, 0.6) is 5.75 Å². The molecule has 1 fully saturated rings. The third-order valence-corrected chi connectivity index (χ3v) is 7.89. The molecule has 1 atom stereocenters. The Kier molecular flexibility index (Phi) is 8.46. The van der Waals surface area contributed by atoms with E-state index in [0.717, 1.165) is 45.6 Å². The predicted molar refractivity (Wildman–Crippen MR) is 161 cm³/mol. The first-order valence-electron chi connectivity index (χ1n) is 14.0. The average Bonchev–Trinajstić information content (AvgIpc) is 3.23. The number of carbonyl (C=O) groups is 1. The molecule has 5 rings (SSSR count). The second-order valence-electron chi connectivity index (χ2n) is 11.0. The zero-order chi connectivity index (χ0) is 27.5. The Bertz CT molecular complexity index is 1460. The molecular weight excluding hydrogens is 508 g/mol. The molecule has 7 heteroatoms. The van der Waals surface area contributed by atoms with Crippen LogP contribution >= 0.6 is 11.6 Å². The number of rotatable bonds is 9. The largest absolute Gasteiger partial charge is 0.489 e. The molecule has 206 valence electrons. The van der Waals surface area contributed by atoms with Crippen LogP contribution in [0.3, 0.4) is 0 Å². The minimum atomic E-state index is -0.122. The number of hydrogen-bond donors (Lipinski definition) is 1. The summed E-state index contributed by atoms with van der Waals surface area (Å²) in [6, 6.07) is 21.0. The number of hydrogen-bond acceptors (Lipinski definition) is 4. The molecule has 1 aliphatic heterocycles. The van der Waals surface area contributed by atoms with Crippen LogP contribution in [0.4, 0.5) is 0 Å². The molecule has 1 amide bonds. The number of nitrogens with one attached hydrogen (secondary N) is 1. The normalized spacial score (nSPS) is 15.7. The SMILES string of the molecule is CCn1c2ccccc2c2cc(CN3CCC(Oc4ccc(C(=O)NC(C)CN(C)C)cc4Cl)CC3)ccc21. The number of aryl methyl sites for hydroxylation is 1. The van der Waals surface area contributed by atoms with Gasteiger partial charge in [-0.1, -0.05) is 35.9 Å². The van der Waals surface area contributed by atoms with Gasteiger partial charge in [0.05, 0.1) is 5.02 Å². The Morgan fingerprint density at radius 2 is 1.79 bits per heavy atom. The van der Waals surface area contributed by atoms with E-state index in [0.29, 0.717) is 16.3 Å². The molecule has 1 aliphatic rings. The Hall–Kier alpha value is -3.06. The highest BCUT2D eigenvalue weighted by atomic mass is 35.5. The van der Waals surface area contributed by atoms with Crippen LogP contribution in [-0.4, -0.2) is 66.1 Å². The molecular formula is C32H39ClN4O2. The number of ether oxygens (including phenoxy) is 1. The number of para-hydroxylation sites is 1. The third kappa shape index (κ3) is 6.24. The number of fused-ring (bicyclic) bond motifs is 3. The molecule has 4 aromatic rings. The van der Waals surface area contributed by atoms with Crippen LogP contribution < -0.4 is 10.1 Å². The maximum absolute atomic E-state index is 12.6. The number of aromatic nitrogens is 1. The van der Waals surface area contributed by atoms with Crippen molar-refractivity contribution < 1.29 is 9.53 Å². The molecule has 0 aliphatic carbocycles. The van der Waals surface area contributed by atoms with Crippen LogP contribution in [-0.2, 0) is 13.1 Å². The van der Waals surface area contributed by atoms with Gasteiger partial charge in [0.15, 0.2) is 0 Å². The van der Waals surface area contributed by atoms with Gasteiger partial charge in [-0.15, -0.1) is 0 Å². The van der Waals surface area contributed by atoms with Gasteiger partial charge in [0, 0.05) is 66.1 Å². The van der Waals surface area contributed by atoms with Gasteiger partial charge in [-0.05, 0) is 82.7 Å². The lowest BCUT2D eigenvalue weighted by molar-refractivity contribution is 0.0933. The van der Waals surface area contributed by atoms with Crippen LogP contribution in [0.25, 0.3) is 21.8 Å². The van der Waals surface area contributed by atoms with E-state index >= 15 is 0 Å². The Labute approximate surface area is 236 Å². The maximum Gasteiger partial charge on any atom is 0.251 e. The maximum atomic E-state index is 12.6. The van der Waals surface area contributed by atoms with E-state index in [1.165, 1.54) is 27.4 Å². The van der Waals surface area contributed by atoms with Crippen LogP contribution in [0.1, 0.15) is 42.6 Å². The smallest absolute Gasteiger partial charge is 0.251 e. The first-order chi connectivity index (χ1) is 18.8. The summed E-state index contributed by atoms with van der Waals surface area (Å²) in [7, 11) is 3.98. The minimum Gasteiger partial charge on any atom is -0.489 e. The Morgan fingerprint density at radius 1 is 1.05 bits per heavy atom. The molecule has 6 nitrogen and oxygen atoms in total. The number of carbonyl (C=O) groups excluding carboxylic acids is 1. The van der Waals surface area contributed by atoms with E-state index in [1.807, 2.05) is 32.0 Å². The van der Waals surface area contributed by atoms with Gasteiger partial charge < -0.3 is 19.5 Å². The van der Waals surface area contributed by atoms with E-state index in [9.17, 15) is 4.79 Å². The molecule has 0 spiro atoms. The van der Waals surface area contributed by atoms with Crippen LogP contribution in [0.15, 0.2) is 60.7 Å². The lowest BCUT2D eigenvalue weighted by Gasteiger charge is -2.32. The van der Waals surface area contributed by atoms with Crippen molar-refractivity contribution in [2.24, 2.45) is 0 Å². The first-order valence-corrected chi connectivity index (χ1v) is 14.3. The highest BCUT2D eigenvalue weighted by molar-refractivity contribution is 6.32. The van der Waals surface area contributed by atoms with E-state index in [-0.39, 0.29) is 18.1 Å². The van der Waals surface area contributed by atoms with E-state index in [2.05, 4.69) is 64.2 Å². The monoisotopic (exact) mass is 546 g/mol. The number of nitrogens with zero attached hydrogens (tertiary/aromatic N) is 3. The predicted octanol–water partition coefficient (Wildman–Crippen LogP) is 6.19. The lowest BCUT2D eigenvalue weighted by atomic mass is 10.1.